The number of benzene rings is 1. The number of hydrogen-bond donors (Lipinski definition) is 1. The zero-order chi connectivity index (χ0) is 11.7. The summed E-state index contributed by atoms with van der Waals surface area (Å²) >= 11 is 0. The van der Waals surface area contributed by atoms with Crippen LogP contribution in [-0.2, 0) is 0 Å². The summed E-state index contributed by atoms with van der Waals surface area (Å²) in [7, 11) is 0. The molecule has 6 heteroatoms. The lowest BCUT2D eigenvalue weighted by Crippen LogP contribution is -2.04. The number of imidazole rings is 1. The molecular formula is C11H9N5O. The van der Waals surface area contributed by atoms with E-state index in [4.69, 9.17) is 10.6 Å². The van der Waals surface area contributed by atoms with Gasteiger partial charge in [-0.05, 0) is 12.1 Å². The Kier molecular flexibility index (Phi) is 2.11. The summed E-state index contributed by atoms with van der Waals surface area (Å²) in [5.41, 5.74) is 6.75. The minimum atomic E-state index is 0.338. The molecule has 0 bridgehead atoms. The van der Waals surface area contributed by atoms with Crippen molar-refractivity contribution in [2.45, 2.75) is 0 Å². The Morgan fingerprint density at radius 3 is 2.71 bits per heavy atom. The second-order valence-electron chi connectivity index (χ2n) is 3.41. The van der Waals surface area contributed by atoms with Crippen molar-refractivity contribution < 1.29 is 4.84 Å². The molecule has 0 radical (unpaired) electrons. The van der Waals surface area contributed by atoms with E-state index in [1.165, 1.54) is 17.4 Å². The molecule has 0 atom stereocenters. The van der Waals surface area contributed by atoms with Gasteiger partial charge in [0.25, 0.3) is 0 Å². The van der Waals surface area contributed by atoms with Crippen LogP contribution in [-0.4, -0.2) is 19.7 Å². The van der Waals surface area contributed by atoms with E-state index in [0.29, 0.717) is 22.7 Å². The minimum Gasteiger partial charge on any atom is -0.382 e. The van der Waals surface area contributed by atoms with Crippen LogP contribution in [0.15, 0.2) is 43.0 Å². The number of rotatable bonds is 2. The smallest absolute Gasteiger partial charge is 0.201 e. The van der Waals surface area contributed by atoms with Crippen molar-refractivity contribution in [2.75, 3.05) is 5.73 Å². The first-order chi connectivity index (χ1) is 8.34. The molecule has 0 unspecified atom stereocenters. The van der Waals surface area contributed by atoms with Crippen molar-refractivity contribution in [3.63, 3.8) is 0 Å². The quantitative estimate of drug-likeness (QED) is 0.712. The van der Waals surface area contributed by atoms with Gasteiger partial charge in [0.1, 0.15) is 12.7 Å². The Labute approximate surface area is 96.7 Å². The number of fused-ring (bicyclic) bond motifs is 1. The molecule has 0 aliphatic rings. The van der Waals surface area contributed by atoms with E-state index in [0.717, 1.165) is 0 Å². The van der Waals surface area contributed by atoms with Crippen LogP contribution in [0.25, 0.3) is 11.2 Å². The van der Waals surface area contributed by atoms with Gasteiger partial charge in [0.15, 0.2) is 17.1 Å². The van der Waals surface area contributed by atoms with E-state index in [1.54, 1.807) is 0 Å². The number of nitrogens with two attached hydrogens (primary N) is 1. The fraction of sp³-hybridized carbons (Fsp3) is 0. The van der Waals surface area contributed by atoms with Gasteiger partial charge in [-0.2, -0.15) is 0 Å². The molecule has 2 aromatic heterocycles. The van der Waals surface area contributed by atoms with Crippen LogP contribution in [0.3, 0.4) is 0 Å². The first-order valence-corrected chi connectivity index (χ1v) is 5.01. The second-order valence-corrected chi connectivity index (χ2v) is 3.41. The number of para-hydroxylation sites is 1. The van der Waals surface area contributed by atoms with E-state index >= 15 is 0 Å². The monoisotopic (exact) mass is 227 g/mol. The maximum Gasteiger partial charge on any atom is 0.201 e. The molecule has 84 valence electrons. The van der Waals surface area contributed by atoms with Crippen molar-refractivity contribution >= 4 is 17.0 Å². The van der Waals surface area contributed by atoms with Crippen LogP contribution in [0.5, 0.6) is 5.75 Å². The molecule has 0 amide bonds. The third kappa shape index (κ3) is 1.65. The first-order valence-electron chi connectivity index (χ1n) is 5.01. The summed E-state index contributed by atoms with van der Waals surface area (Å²) in [5, 5.41) is 0. The average molecular weight is 227 g/mol. The van der Waals surface area contributed by atoms with Crippen LogP contribution in [0, 0.1) is 0 Å². The highest BCUT2D eigenvalue weighted by molar-refractivity contribution is 5.80. The van der Waals surface area contributed by atoms with E-state index < -0.39 is 0 Å². The summed E-state index contributed by atoms with van der Waals surface area (Å²) in [5.74, 6) is 1.04. The second kappa shape index (κ2) is 3.75. The molecule has 0 aliphatic carbocycles. The average Bonchev–Trinajstić information content (AvgIpc) is 2.76. The zero-order valence-corrected chi connectivity index (χ0v) is 8.82. The van der Waals surface area contributed by atoms with Crippen molar-refractivity contribution in [2.24, 2.45) is 0 Å². The van der Waals surface area contributed by atoms with E-state index in [-0.39, 0.29) is 0 Å². The molecule has 0 spiro atoms. The number of nitrogen functional groups attached to an aromatic ring is 1. The summed E-state index contributed by atoms with van der Waals surface area (Å²) in [4.78, 5) is 17.6. The molecular weight excluding hydrogens is 218 g/mol. The summed E-state index contributed by atoms with van der Waals surface area (Å²) in [6.07, 6.45) is 2.90. The highest BCUT2D eigenvalue weighted by Crippen LogP contribution is 2.16. The standard InChI is InChI=1S/C11H9N5O/c12-10-9-11(14-6-13-10)16(7-15-9)17-8-4-2-1-3-5-8/h1-7H,(H2,12,13,14). The number of nitrogens with zero attached hydrogens (tertiary/aromatic N) is 4. The van der Waals surface area contributed by atoms with Gasteiger partial charge in [-0.1, -0.05) is 18.2 Å². The molecule has 3 rings (SSSR count). The molecule has 0 saturated heterocycles. The van der Waals surface area contributed by atoms with Crippen LogP contribution >= 0.6 is 0 Å². The number of hydrogen-bond acceptors (Lipinski definition) is 5. The third-order valence-corrected chi connectivity index (χ3v) is 2.28. The van der Waals surface area contributed by atoms with Crippen molar-refractivity contribution in [1.29, 1.82) is 0 Å². The van der Waals surface area contributed by atoms with Crippen molar-refractivity contribution in [3.8, 4) is 5.75 Å². The fourth-order valence-electron chi connectivity index (χ4n) is 1.49. The molecule has 2 heterocycles. The molecule has 0 aliphatic heterocycles. The molecule has 6 nitrogen and oxygen atoms in total. The Balaban J connectivity index is 2.05. The normalized spacial score (nSPS) is 10.6. The highest BCUT2D eigenvalue weighted by Gasteiger charge is 2.08. The highest BCUT2D eigenvalue weighted by atomic mass is 16.7. The largest absolute Gasteiger partial charge is 0.382 e. The summed E-state index contributed by atoms with van der Waals surface area (Å²) in [6.45, 7) is 0. The van der Waals surface area contributed by atoms with Crippen molar-refractivity contribution in [1.82, 2.24) is 19.7 Å². The van der Waals surface area contributed by atoms with Crippen LogP contribution in [0.2, 0.25) is 0 Å². The van der Waals surface area contributed by atoms with Gasteiger partial charge in [-0.3, -0.25) is 0 Å². The van der Waals surface area contributed by atoms with Gasteiger partial charge in [-0.25, -0.2) is 15.0 Å². The maximum atomic E-state index is 5.68. The Morgan fingerprint density at radius 2 is 1.88 bits per heavy atom. The Hall–Kier alpha value is -2.63. The molecule has 17 heavy (non-hydrogen) atoms. The summed E-state index contributed by atoms with van der Waals surface area (Å²) < 4.78 is 1.46. The van der Waals surface area contributed by atoms with Gasteiger partial charge in [-0.15, -0.1) is 4.73 Å². The van der Waals surface area contributed by atoms with E-state index in [1.807, 2.05) is 30.3 Å². The van der Waals surface area contributed by atoms with Gasteiger partial charge in [0.05, 0.1) is 0 Å². The van der Waals surface area contributed by atoms with Gasteiger partial charge < -0.3 is 10.6 Å². The van der Waals surface area contributed by atoms with Gasteiger partial charge >= 0.3 is 0 Å². The maximum absolute atomic E-state index is 5.68. The third-order valence-electron chi connectivity index (χ3n) is 2.28. The Bertz CT molecular complexity index is 649. The first kappa shape index (κ1) is 9.59. The number of aromatic nitrogens is 4. The molecule has 3 aromatic rings. The topological polar surface area (TPSA) is 78.9 Å². The van der Waals surface area contributed by atoms with E-state index in [2.05, 4.69) is 15.0 Å². The lowest BCUT2D eigenvalue weighted by atomic mass is 10.3. The SMILES string of the molecule is Nc1ncnc2c1ncn2Oc1ccccc1. The predicted molar refractivity (Wildman–Crippen MR) is 62.2 cm³/mol. The Morgan fingerprint density at radius 1 is 1.06 bits per heavy atom. The predicted octanol–water partition coefficient (Wildman–Crippen LogP) is 1.25. The molecule has 0 saturated carbocycles. The van der Waals surface area contributed by atoms with Crippen molar-refractivity contribution in [3.05, 3.63) is 43.0 Å². The molecule has 1 aromatic carbocycles. The zero-order valence-electron chi connectivity index (χ0n) is 8.82. The van der Waals surface area contributed by atoms with Crippen LogP contribution in [0.4, 0.5) is 5.82 Å². The van der Waals surface area contributed by atoms with Gasteiger partial charge in [0.2, 0.25) is 5.65 Å². The van der Waals surface area contributed by atoms with Gasteiger partial charge in [0, 0.05) is 0 Å². The summed E-state index contributed by atoms with van der Waals surface area (Å²) in [6, 6.07) is 9.38. The minimum absolute atomic E-state index is 0.338. The molecule has 0 fully saturated rings. The molecule has 2 N–H and O–H groups in total. The lowest BCUT2D eigenvalue weighted by molar-refractivity contribution is 0.225. The van der Waals surface area contributed by atoms with Crippen LogP contribution < -0.4 is 10.6 Å². The van der Waals surface area contributed by atoms with Crippen LogP contribution in [0.1, 0.15) is 0 Å². The lowest BCUT2D eigenvalue weighted by Gasteiger charge is -2.05. The van der Waals surface area contributed by atoms with E-state index in [9.17, 15) is 0 Å². The fourth-order valence-corrected chi connectivity index (χ4v) is 1.49. The number of anilines is 1.